The van der Waals surface area contributed by atoms with Crippen molar-refractivity contribution in [2.45, 2.75) is 59.3 Å². The van der Waals surface area contributed by atoms with Gasteiger partial charge in [-0.05, 0) is 65.0 Å². The maximum absolute atomic E-state index is 11.0. The van der Waals surface area contributed by atoms with E-state index < -0.39 is 11.4 Å². The molecule has 1 fully saturated rings. The van der Waals surface area contributed by atoms with Crippen LogP contribution < -0.4 is 0 Å². The van der Waals surface area contributed by atoms with Gasteiger partial charge in [-0.15, -0.1) is 0 Å². The summed E-state index contributed by atoms with van der Waals surface area (Å²) in [4.78, 5) is 13.6. The third-order valence-corrected chi connectivity index (χ3v) is 3.86. The van der Waals surface area contributed by atoms with E-state index in [1.54, 1.807) is 0 Å². The molecule has 3 nitrogen and oxygen atoms in total. The van der Waals surface area contributed by atoms with Crippen molar-refractivity contribution in [3.63, 3.8) is 0 Å². The van der Waals surface area contributed by atoms with Crippen molar-refractivity contribution in [2.24, 2.45) is 11.3 Å². The minimum Gasteiger partial charge on any atom is -0.481 e. The Morgan fingerprint density at radius 2 is 1.94 bits per heavy atom. The number of rotatable bonds is 10. The number of nitrogens with zero attached hydrogens (tertiary/aromatic N) is 1. The molecule has 0 unspecified atom stereocenters. The van der Waals surface area contributed by atoms with E-state index in [0.717, 1.165) is 31.7 Å². The number of carboxylic acid groups (broad SMARTS) is 1. The molecule has 3 heteroatoms. The van der Waals surface area contributed by atoms with Gasteiger partial charge in [-0.25, -0.2) is 0 Å². The fraction of sp³-hybridized carbons (Fsp3) is 0.933. The van der Waals surface area contributed by atoms with Crippen molar-refractivity contribution in [3.8, 4) is 0 Å². The van der Waals surface area contributed by atoms with E-state index >= 15 is 0 Å². The van der Waals surface area contributed by atoms with Crippen LogP contribution in [0.25, 0.3) is 0 Å². The van der Waals surface area contributed by atoms with Gasteiger partial charge in [-0.1, -0.05) is 13.3 Å². The smallest absolute Gasteiger partial charge is 0.309 e. The molecular formula is C15H29NO2. The zero-order valence-electron chi connectivity index (χ0n) is 12.2. The number of hydrogen-bond acceptors (Lipinski definition) is 2. The zero-order chi connectivity index (χ0) is 13.6. The first-order chi connectivity index (χ1) is 8.45. The first-order valence-corrected chi connectivity index (χ1v) is 7.41. The molecule has 0 bridgehead atoms. The summed E-state index contributed by atoms with van der Waals surface area (Å²) >= 11 is 0. The van der Waals surface area contributed by atoms with Crippen LogP contribution in [0.1, 0.15) is 59.3 Å². The third-order valence-electron chi connectivity index (χ3n) is 3.86. The Labute approximate surface area is 112 Å². The molecule has 0 heterocycles. The van der Waals surface area contributed by atoms with Crippen LogP contribution in [0.4, 0.5) is 0 Å². The average Bonchev–Trinajstić information content (AvgIpc) is 3.08. The van der Waals surface area contributed by atoms with Gasteiger partial charge < -0.3 is 10.0 Å². The van der Waals surface area contributed by atoms with E-state index in [1.165, 1.54) is 32.4 Å². The van der Waals surface area contributed by atoms with E-state index in [2.05, 4.69) is 11.8 Å². The van der Waals surface area contributed by atoms with Crippen molar-refractivity contribution >= 4 is 5.97 Å². The van der Waals surface area contributed by atoms with Gasteiger partial charge in [0.25, 0.3) is 0 Å². The van der Waals surface area contributed by atoms with Crippen LogP contribution in [0.5, 0.6) is 0 Å². The Balaban J connectivity index is 2.15. The lowest BCUT2D eigenvalue weighted by atomic mass is 9.87. The molecule has 0 aromatic carbocycles. The minimum atomic E-state index is -0.675. The van der Waals surface area contributed by atoms with Crippen molar-refractivity contribution in [1.29, 1.82) is 0 Å². The van der Waals surface area contributed by atoms with Gasteiger partial charge in [0.05, 0.1) is 5.41 Å². The summed E-state index contributed by atoms with van der Waals surface area (Å²) in [6, 6.07) is 0. The highest BCUT2D eigenvalue weighted by molar-refractivity contribution is 5.73. The monoisotopic (exact) mass is 255 g/mol. The molecule has 1 aliphatic rings. The summed E-state index contributed by atoms with van der Waals surface area (Å²) in [7, 11) is 0. The van der Waals surface area contributed by atoms with Crippen LogP contribution in [0.15, 0.2) is 0 Å². The summed E-state index contributed by atoms with van der Waals surface area (Å²) in [5.41, 5.74) is -0.563. The van der Waals surface area contributed by atoms with Gasteiger partial charge in [0.2, 0.25) is 0 Å². The van der Waals surface area contributed by atoms with Gasteiger partial charge in [-0.2, -0.15) is 0 Å². The standard InChI is InChI=1S/C15H29NO2/c1-4-10-16(12-13-7-8-13)11-6-5-9-15(2,3)14(17)18/h13H,4-12H2,1-3H3,(H,17,18). The van der Waals surface area contributed by atoms with Crippen molar-refractivity contribution < 1.29 is 9.90 Å². The van der Waals surface area contributed by atoms with Crippen LogP contribution in [-0.2, 0) is 4.79 Å². The molecule has 0 spiro atoms. The number of carboxylic acids is 1. The lowest BCUT2D eigenvalue weighted by Gasteiger charge is -2.23. The molecule has 0 atom stereocenters. The summed E-state index contributed by atoms with van der Waals surface area (Å²) in [5.74, 6) is 0.276. The predicted octanol–water partition coefficient (Wildman–Crippen LogP) is 3.39. The van der Waals surface area contributed by atoms with Crippen molar-refractivity contribution in [3.05, 3.63) is 0 Å². The summed E-state index contributed by atoms with van der Waals surface area (Å²) in [6.07, 6.45) is 6.96. The number of aliphatic carboxylic acids is 1. The zero-order valence-corrected chi connectivity index (χ0v) is 12.2. The van der Waals surface area contributed by atoms with Crippen LogP contribution in [0, 0.1) is 11.3 Å². The lowest BCUT2D eigenvalue weighted by Crippen LogP contribution is -2.28. The largest absolute Gasteiger partial charge is 0.481 e. The first kappa shape index (κ1) is 15.5. The molecule has 0 radical (unpaired) electrons. The Kier molecular flexibility index (Phi) is 6.13. The van der Waals surface area contributed by atoms with E-state index in [0.29, 0.717) is 0 Å². The van der Waals surface area contributed by atoms with E-state index in [1.807, 2.05) is 13.8 Å². The van der Waals surface area contributed by atoms with Crippen molar-refractivity contribution in [1.82, 2.24) is 4.90 Å². The van der Waals surface area contributed by atoms with Gasteiger partial charge in [0.15, 0.2) is 0 Å². The summed E-state index contributed by atoms with van der Waals surface area (Å²) in [6.45, 7) is 9.47. The van der Waals surface area contributed by atoms with Gasteiger partial charge in [0, 0.05) is 6.54 Å². The average molecular weight is 255 g/mol. The molecular weight excluding hydrogens is 226 g/mol. The van der Waals surface area contributed by atoms with Crippen LogP contribution in [0.3, 0.4) is 0 Å². The van der Waals surface area contributed by atoms with Crippen molar-refractivity contribution in [2.75, 3.05) is 19.6 Å². The molecule has 0 aromatic rings. The highest BCUT2D eigenvalue weighted by Gasteiger charge is 2.26. The lowest BCUT2D eigenvalue weighted by molar-refractivity contribution is -0.147. The normalized spacial score (nSPS) is 16.2. The van der Waals surface area contributed by atoms with E-state index in [4.69, 9.17) is 5.11 Å². The molecule has 1 N–H and O–H groups in total. The highest BCUT2D eigenvalue weighted by atomic mass is 16.4. The van der Waals surface area contributed by atoms with Crippen LogP contribution in [-0.4, -0.2) is 35.6 Å². The van der Waals surface area contributed by atoms with E-state index in [9.17, 15) is 4.79 Å². The second-order valence-electron chi connectivity index (χ2n) is 6.39. The molecule has 1 saturated carbocycles. The maximum atomic E-state index is 11.0. The summed E-state index contributed by atoms with van der Waals surface area (Å²) in [5, 5.41) is 9.05. The number of hydrogen-bond donors (Lipinski definition) is 1. The Morgan fingerprint density at radius 1 is 1.28 bits per heavy atom. The van der Waals surface area contributed by atoms with E-state index in [-0.39, 0.29) is 0 Å². The topological polar surface area (TPSA) is 40.5 Å². The van der Waals surface area contributed by atoms with Crippen LogP contribution in [0.2, 0.25) is 0 Å². The van der Waals surface area contributed by atoms with Gasteiger partial charge >= 0.3 is 5.97 Å². The predicted molar refractivity (Wildman–Crippen MR) is 74.7 cm³/mol. The Hall–Kier alpha value is -0.570. The van der Waals surface area contributed by atoms with Gasteiger partial charge in [0.1, 0.15) is 0 Å². The second kappa shape index (κ2) is 7.13. The van der Waals surface area contributed by atoms with Crippen LogP contribution >= 0.6 is 0 Å². The quantitative estimate of drug-likeness (QED) is 0.608. The molecule has 1 aliphatic carbocycles. The second-order valence-corrected chi connectivity index (χ2v) is 6.39. The number of unbranched alkanes of at least 4 members (excludes halogenated alkanes) is 1. The molecule has 0 amide bonds. The fourth-order valence-corrected chi connectivity index (χ4v) is 2.29. The highest BCUT2D eigenvalue weighted by Crippen LogP contribution is 2.30. The minimum absolute atomic E-state index is 0.563. The fourth-order valence-electron chi connectivity index (χ4n) is 2.29. The Bertz CT molecular complexity index is 259. The van der Waals surface area contributed by atoms with Gasteiger partial charge in [-0.3, -0.25) is 4.79 Å². The first-order valence-electron chi connectivity index (χ1n) is 7.41. The SMILES string of the molecule is CCCN(CCCCC(C)(C)C(=O)O)CC1CC1. The molecule has 0 saturated heterocycles. The molecule has 0 aromatic heterocycles. The summed E-state index contributed by atoms with van der Waals surface area (Å²) < 4.78 is 0. The maximum Gasteiger partial charge on any atom is 0.309 e. The third kappa shape index (κ3) is 5.85. The number of carbonyl (C=O) groups is 1. The Morgan fingerprint density at radius 3 is 2.44 bits per heavy atom. The molecule has 106 valence electrons. The molecule has 1 rings (SSSR count). The molecule has 0 aliphatic heterocycles. The molecule has 18 heavy (non-hydrogen) atoms.